The van der Waals surface area contributed by atoms with Gasteiger partial charge in [-0.1, -0.05) is 100 Å². The summed E-state index contributed by atoms with van der Waals surface area (Å²) in [5.41, 5.74) is 5.76. The fourth-order valence-electron chi connectivity index (χ4n) is 5.37. The fraction of sp³-hybridized carbons (Fsp3) is 0.412. The van der Waals surface area contributed by atoms with Gasteiger partial charge in [-0.3, -0.25) is 0 Å². The lowest BCUT2D eigenvalue weighted by molar-refractivity contribution is 0.302. The molecule has 1 aliphatic rings. The Kier molecular flexibility index (Phi) is 9.59. The van der Waals surface area contributed by atoms with Crippen molar-refractivity contribution in [2.75, 3.05) is 0 Å². The van der Waals surface area contributed by atoms with Crippen LogP contribution in [0.5, 0.6) is 0 Å². The molecule has 0 radical (unpaired) electrons. The molecular formula is C34H39F. The van der Waals surface area contributed by atoms with Gasteiger partial charge >= 0.3 is 0 Å². The largest absolute Gasteiger partial charge is 0.207 e. The third-order valence-electron chi connectivity index (χ3n) is 7.61. The van der Waals surface area contributed by atoms with Crippen LogP contribution in [0.2, 0.25) is 0 Å². The molecular weight excluding hydrogens is 427 g/mol. The molecule has 0 saturated heterocycles. The van der Waals surface area contributed by atoms with E-state index in [1.807, 2.05) is 0 Å². The van der Waals surface area contributed by atoms with Gasteiger partial charge in [0.1, 0.15) is 5.82 Å². The molecule has 0 nitrogen and oxygen atoms in total. The average Bonchev–Trinajstić information content (AvgIpc) is 2.91. The molecule has 0 heterocycles. The number of hydrogen-bond acceptors (Lipinski definition) is 0. The number of hydrogen-bond donors (Lipinski definition) is 0. The van der Waals surface area contributed by atoms with Gasteiger partial charge in [0, 0.05) is 11.1 Å². The monoisotopic (exact) mass is 466 g/mol. The van der Waals surface area contributed by atoms with E-state index in [1.54, 1.807) is 12.1 Å². The molecule has 1 saturated carbocycles. The van der Waals surface area contributed by atoms with Crippen LogP contribution in [-0.2, 0) is 0 Å². The predicted octanol–water partition coefficient (Wildman–Crippen LogP) is 9.92. The summed E-state index contributed by atoms with van der Waals surface area (Å²) >= 11 is 0. The quantitative estimate of drug-likeness (QED) is 0.217. The molecule has 35 heavy (non-hydrogen) atoms. The summed E-state index contributed by atoms with van der Waals surface area (Å²) in [6.07, 6.45) is 15.4. The summed E-state index contributed by atoms with van der Waals surface area (Å²) in [4.78, 5) is 0. The summed E-state index contributed by atoms with van der Waals surface area (Å²) in [6.45, 7) is 2.29. The molecule has 0 bridgehead atoms. The molecule has 3 aromatic carbocycles. The Bertz CT molecular complexity index is 1070. The molecule has 3 aromatic rings. The van der Waals surface area contributed by atoms with Gasteiger partial charge in [0.2, 0.25) is 0 Å². The van der Waals surface area contributed by atoms with Crippen molar-refractivity contribution in [3.63, 3.8) is 0 Å². The third kappa shape index (κ3) is 7.83. The summed E-state index contributed by atoms with van der Waals surface area (Å²) in [7, 11) is 0. The number of rotatable bonds is 9. The van der Waals surface area contributed by atoms with Crippen LogP contribution in [0, 0.1) is 23.6 Å². The lowest BCUT2D eigenvalue weighted by Gasteiger charge is -2.29. The maximum atomic E-state index is 13.0. The van der Waals surface area contributed by atoms with Crippen molar-refractivity contribution in [3.8, 4) is 23.0 Å². The van der Waals surface area contributed by atoms with Crippen molar-refractivity contribution in [2.24, 2.45) is 5.92 Å². The van der Waals surface area contributed by atoms with Gasteiger partial charge in [0.05, 0.1) is 0 Å². The van der Waals surface area contributed by atoms with Gasteiger partial charge in [-0.25, -0.2) is 4.39 Å². The van der Waals surface area contributed by atoms with Crippen LogP contribution in [0.15, 0.2) is 72.8 Å². The summed E-state index contributed by atoms with van der Waals surface area (Å²) in [5, 5.41) is 0. The second-order valence-corrected chi connectivity index (χ2v) is 10.2. The van der Waals surface area contributed by atoms with Crippen LogP contribution in [-0.4, -0.2) is 0 Å². The molecule has 1 aliphatic carbocycles. The third-order valence-corrected chi connectivity index (χ3v) is 7.61. The highest BCUT2D eigenvalue weighted by Crippen LogP contribution is 2.38. The molecule has 0 aromatic heterocycles. The molecule has 0 atom stereocenters. The molecule has 1 heteroatoms. The Labute approximate surface area is 212 Å². The minimum atomic E-state index is -0.234. The number of benzene rings is 3. The molecule has 182 valence electrons. The first-order valence-corrected chi connectivity index (χ1v) is 13.7. The van der Waals surface area contributed by atoms with Gasteiger partial charge in [0.25, 0.3) is 0 Å². The van der Waals surface area contributed by atoms with E-state index in [0.717, 1.165) is 23.0 Å². The molecule has 0 aliphatic heterocycles. The van der Waals surface area contributed by atoms with E-state index in [0.29, 0.717) is 0 Å². The standard InChI is InChI=1S/C34H39F/c1-2-3-4-5-6-7-8-27-11-17-30(18-12-27)32-21-23-33(24-22-32)31-19-13-28(14-20-31)9-10-29-15-25-34(35)26-16-29/h13-16,19-27,30H,2-8,11-12,17-18H2,1H3. The summed E-state index contributed by atoms with van der Waals surface area (Å²) in [5.74, 6) is 7.72. The molecule has 4 rings (SSSR count). The predicted molar refractivity (Wildman–Crippen MR) is 147 cm³/mol. The first kappa shape index (κ1) is 25.2. The SMILES string of the molecule is CCCCCCCCC1CCC(c2ccc(-c3ccc(C#Cc4ccc(F)cc4)cc3)cc2)CC1. The first-order chi connectivity index (χ1) is 17.2. The minimum absolute atomic E-state index is 0.234. The van der Waals surface area contributed by atoms with E-state index in [1.165, 1.54) is 99.5 Å². The van der Waals surface area contributed by atoms with Crippen LogP contribution >= 0.6 is 0 Å². The van der Waals surface area contributed by atoms with Crippen molar-refractivity contribution in [1.82, 2.24) is 0 Å². The Hall–Kier alpha value is -2.85. The summed E-state index contributed by atoms with van der Waals surface area (Å²) in [6, 6.07) is 23.9. The Morgan fingerprint density at radius 1 is 0.629 bits per heavy atom. The molecule has 0 amide bonds. The second kappa shape index (κ2) is 13.3. The van der Waals surface area contributed by atoms with E-state index in [4.69, 9.17) is 0 Å². The minimum Gasteiger partial charge on any atom is -0.207 e. The van der Waals surface area contributed by atoms with Crippen LogP contribution in [0.1, 0.15) is 100 Å². The molecule has 1 fully saturated rings. The maximum Gasteiger partial charge on any atom is 0.123 e. The highest BCUT2D eigenvalue weighted by Gasteiger charge is 2.22. The van der Waals surface area contributed by atoms with E-state index >= 15 is 0 Å². The zero-order valence-electron chi connectivity index (χ0n) is 21.2. The zero-order chi connectivity index (χ0) is 24.3. The van der Waals surface area contributed by atoms with Crippen molar-refractivity contribution in [1.29, 1.82) is 0 Å². The highest BCUT2D eigenvalue weighted by atomic mass is 19.1. The number of unbranched alkanes of at least 4 members (excludes halogenated alkanes) is 5. The van der Waals surface area contributed by atoms with Gasteiger partial charge in [0.15, 0.2) is 0 Å². The van der Waals surface area contributed by atoms with Crippen molar-refractivity contribution >= 4 is 0 Å². The van der Waals surface area contributed by atoms with Crippen molar-refractivity contribution in [3.05, 3.63) is 95.3 Å². The Morgan fingerprint density at radius 3 is 1.74 bits per heavy atom. The lowest BCUT2D eigenvalue weighted by atomic mass is 9.77. The lowest BCUT2D eigenvalue weighted by Crippen LogP contribution is -2.13. The molecule has 0 spiro atoms. The van der Waals surface area contributed by atoms with Crippen LogP contribution in [0.25, 0.3) is 11.1 Å². The Morgan fingerprint density at radius 2 is 1.14 bits per heavy atom. The average molecular weight is 467 g/mol. The normalized spacial score (nSPS) is 17.5. The van der Waals surface area contributed by atoms with E-state index in [2.05, 4.69) is 67.3 Å². The van der Waals surface area contributed by atoms with Crippen molar-refractivity contribution in [2.45, 2.75) is 83.5 Å². The van der Waals surface area contributed by atoms with Crippen LogP contribution in [0.3, 0.4) is 0 Å². The zero-order valence-corrected chi connectivity index (χ0v) is 21.2. The van der Waals surface area contributed by atoms with Gasteiger partial charge < -0.3 is 0 Å². The van der Waals surface area contributed by atoms with Gasteiger partial charge in [-0.05, 0) is 90.6 Å². The first-order valence-electron chi connectivity index (χ1n) is 13.7. The van der Waals surface area contributed by atoms with E-state index in [9.17, 15) is 4.39 Å². The maximum absolute atomic E-state index is 13.0. The van der Waals surface area contributed by atoms with Crippen LogP contribution in [0.4, 0.5) is 4.39 Å². The Balaban J connectivity index is 1.25. The van der Waals surface area contributed by atoms with Crippen molar-refractivity contribution < 1.29 is 4.39 Å². The molecule has 0 N–H and O–H groups in total. The highest BCUT2D eigenvalue weighted by molar-refractivity contribution is 5.65. The second-order valence-electron chi connectivity index (χ2n) is 10.2. The smallest absolute Gasteiger partial charge is 0.123 e. The molecule has 0 unspecified atom stereocenters. The van der Waals surface area contributed by atoms with Gasteiger partial charge in [-0.2, -0.15) is 0 Å². The van der Waals surface area contributed by atoms with Crippen LogP contribution < -0.4 is 0 Å². The number of halogens is 1. The topological polar surface area (TPSA) is 0 Å². The van der Waals surface area contributed by atoms with E-state index < -0.39 is 0 Å². The summed E-state index contributed by atoms with van der Waals surface area (Å²) < 4.78 is 13.0. The van der Waals surface area contributed by atoms with Gasteiger partial charge in [-0.15, -0.1) is 0 Å². The van der Waals surface area contributed by atoms with E-state index in [-0.39, 0.29) is 5.82 Å². The fourth-order valence-corrected chi connectivity index (χ4v) is 5.37.